The number of aromatic nitrogens is 3. The molecule has 3 aliphatic heterocycles. The molecular weight excluding hydrogens is 955 g/mol. The number of rotatable bonds is 14. The highest BCUT2D eigenvalue weighted by molar-refractivity contribution is 6.91. The summed E-state index contributed by atoms with van der Waals surface area (Å²) >= 11 is 0. The second-order valence-corrected chi connectivity index (χ2v) is 34.9. The van der Waals surface area contributed by atoms with E-state index in [1.165, 1.54) is 13.2 Å². The fourth-order valence-corrected chi connectivity index (χ4v) is 23.3. The van der Waals surface area contributed by atoms with Crippen molar-refractivity contribution < 1.29 is 32.5 Å². The third kappa shape index (κ3) is 11.0. The van der Waals surface area contributed by atoms with Crippen LogP contribution in [0.2, 0.25) is 33.2 Å². The van der Waals surface area contributed by atoms with Crippen molar-refractivity contribution in [1.82, 2.24) is 24.8 Å². The van der Waals surface area contributed by atoms with Crippen LogP contribution < -0.4 is 14.4 Å². The van der Waals surface area contributed by atoms with Gasteiger partial charge in [0.15, 0.2) is 12.6 Å². The second kappa shape index (κ2) is 22.2. The van der Waals surface area contributed by atoms with Gasteiger partial charge in [-0.15, -0.1) is 11.1 Å². The van der Waals surface area contributed by atoms with Gasteiger partial charge in [-0.1, -0.05) is 101 Å². The molecule has 0 spiro atoms. The van der Waals surface area contributed by atoms with Crippen molar-refractivity contribution in [3.8, 4) is 45.9 Å². The molecule has 0 saturated carbocycles. The van der Waals surface area contributed by atoms with Crippen LogP contribution in [0, 0.1) is 34.6 Å². The van der Waals surface area contributed by atoms with E-state index in [0.717, 1.165) is 32.2 Å². The zero-order valence-corrected chi connectivity index (χ0v) is 48.8. The predicted molar refractivity (Wildman–Crippen MR) is 297 cm³/mol. The molecule has 0 N–H and O–H groups in total. The number of likely N-dealkylation sites (tertiary alicyclic amines) is 1. The molecule has 2 bridgehead atoms. The zero-order valence-electron chi connectivity index (χ0n) is 46.8. The summed E-state index contributed by atoms with van der Waals surface area (Å²) in [7, 11) is -1.20. The number of benzene rings is 2. The molecule has 11 nitrogen and oxygen atoms in total. The van der Waals surface area contributed by atoms with E-state index in [9.17, 15) is 4.79 Å². The molecule has 2 aromatic carbocycles. The summed E-state index contributed by atoms with van der Waals surface area (Å²) in [6.45, 7) is 34.6. The van der Waals surface area contributed by atoms with Crippen LogP contribution in [-0.4, -0.2) is 118 Å². The first-order valence-electron chi connectivity index (χ1n) is 26.8. The third-order valence-electron chi connectivity index (χ3n) is 16.4. The van der Waals surface area contributed by atoms with Gasteiger partial charge in [0.1, 0.15) is 62.6 Å². The van der Waals surface area contributed by atoms with Crippen LogP contribution in [-0.2, 0) is 9.47 Å². The zero-order chi connectivity index (χ0) is 53.5. The molecule has 396 valence electrons. The minimum Gasteiger partial charge on any atom is -0.468 e. The molecule has 3 saturated heterocycles. The van der Waals surface area contributed by atoms with Crippen LogP contribution in [0.3, 0.4) is 0 Å². The quantitative estimate of drug-likeness (QED) is 0.0689. The maximum absolute atomic E-state index is 18.7. The highest BCUT2D eigenvalue weighted by atomic mass is 28.3. The van der Waals surface area contributed by atoms with Crippen LogP contribution in [0.4, 0.5) is 19.4 Å². The summed E-state index contributed by atoms with van der Waals surface area (Å²) in [5, 5.41) is 1.39. The van der Waals surface area contributed by atoms with E-state index in [1.807, 2.05) is 31.7 Å². The lowest BCUT2D eigenvalue weighted by molar-refractivity contribution is 0.0122. The number of methoxy groups -OCH3 is 1. The van der Waals surface area contributed by atoms with Crippen LogP contribution in [0.5, 0.6) is 11.8 Å². The normalized spacial score (nSPS) is 18.7. The number of anilines is 1. The Labute approximate surface area is 436 Å². The molecule has 15 heteroatoms. The molecule has 1 amide bonds. The second-order valence-electron chi connectivity index (χ2n) is 23.8. The van der Waals surface area contributed by atoms with E-state index >= 15 is 8.78 Å². The van der Waals surface area contributed by atoms with Gasteiger partial charge >= 0.3 is 12.1 Å². The minimum atomic E-state index is -2.44. The van der Waals surface area contributed by atoms with E-state index < -0.39 is 33.4 Å². The first-order valence-corrected chi connectivity index (χ1v) is 31.3. The fraction of sp³-hybridized carbons (Fsp3) is 0.621. The molecule has 5 heterocycles. The Kier molecular flexibility index (Phi) is 17.0. The predicted octanol–water partition coefficient (Wildman–Crippen LogP) is 13.3. The standard InChI is InChI=1S/C58H82F2N6O5Si2/c1-35(2)72(36(3)4,37(5)6)27-24-46-48(59)23-20-41-29-45(70-34-68-17)30-47(50(41)46)53-52(60)54-51(49(61-53)25-28-73(38(7)8,39(9)10)40(11)12)55(63-56(62-54)69-33-44-19-18-26-64(44)16)65-31-42-21-22-43(32-65)66(42)57(67)71-58(13,14)15/h20,23,29-30,35-40,42-44H,18-19,21-22,26,31-34H2,1-17H3/t42?,43?,44-/m1/s1. The van der Waals surface area contributed by atoms with E-state index in [0.29, 0.717) is 75.3 Å². The van der Waals surface area contributed by atoms with E-state index in [4.69, 9.17) is 33.9 Å². The Bertz CT molecular complexity index is 2750. The number of fused-ring (bicyclic) bond motifs is 4. The number of carbonyl (C=O) groups is 1. The number of amides is 1. The number of nitrogens with zero attached hydrogens (tertiary/aromatic N) is 6. The average molecular weight is 1040 g/mol. The summed E-state index contributed by atoms with van der Waals surface area (Å²) in [5.74, 6) is 6.65. The third-order valence-corrected chi connectivity index (χ3v) is 29.0. The Morgan fingerprint density at radius 1 is 0.781 bits per heavy atom. The van der Waals surface area contributed by atoms with Crippen LogP contribution >= 0.6 is 0 Å². The Balaban J connectivity index is 1.58. The SMILES string of the molecule is COCOc1cc(-c2nc(C#C[Si](C(C)C)(C(C)C)C(C)C)c3c(N4CC5CCC(C4)N5C(=O)OC(C)(C)C)nc(OC[C@H]4CCCN4C)nc3c2F)c2c(C#C[Si](C(C)C)(C(C)C)C(C)C)c(F)ccc2c1. The summed E-state index contributed by atoms with van der Waals surface area (Å²) in [6, 6.07) is 6.44. The lowest BCUT2D eigenvalue weighted by Crippen LogP contribution is -2.57. The summed E-state index contributed by atoms with van der Waals surface area (Å²) < 4.78 is 59.5. The van der Waals surface area contributed by atoms with Crippen molar-refractivity contribution in [2.24, 2.45) is 0 Å². The van der Waals surface area contributed by atoms with Crippen molar-refractivity contribution in [2.45, 2.75) is 187 Å². The molecular formula is C58H82F2N6O5Si2. The van der Waals surface area contributed by atoms with Crippen molar-refractivity contribution in [2.75, 3.05) is 52.1 Å². The smallest absolute Gasteiger partial charge is 0.410 e. The number of carbonyl (C=O) groups excluding carboxylic acids is 1. The molecule has 3 aliphatic rings. The molecule has 0 aliphatic carbocycles. The van der Waals surface area contributed by atoms with Gasteiger partial charge in [0.25, 0.3) is 0 Å². The number of pyridine rings is 1. The highest BCUT2D eigenvalue weighted by Crippen LogP contribution is 2.45. The Morgan fingerprint density at radius 3 is 1.90 bits per heavy atom. The molecule has 0 radical (unpaired) electrons. The van der Waals surface area contributed by atoms with Crippen molar-refractivity contribution >= 4 is 49.7 Å². The molecule has 7 rings (SSSR count). The first-order chi connectivity index (χ1) is 34.4. The van der Waals surface area contributed by atoms with Gasteiger partial charge in [-0.05, 0) is 117 Å². The number of piperazine rings is 1. The number of halogens is 2. The summed E-state index contributed by atoms with van der Waals surface area (Å²) in [6.07, 6.45) is 3.21. The van der Waals surface area contributed by atoms with Gasteiger partial charge in [0.05, 0.1) is 23.0 Å². The molecule has 2 unspecified atom stereocenters. The van der Waals surface area contributed by atoms with E-state index in [2.05, 4.69) is 123 Å². The average Bonchev–Trinajstić information content (AvgIpc) is 3.84. The molecule has 3 fully saturated rings. The van der Waals surface area contributed by atoms with Crippen molar-refractivity contribution in [1.29, 1.82) is 0 Å². The molecule has 4 aromatic rings. The largest absolute Gasteiger partial charge is 0.468 e. The Morgan fingerprint density at radius 2 is 1.37 bits per heavy atom. The van der Waals surface area contributed by atoms with Crippen LogP contribution in [0.15, 0.2) is 24.3 Å². The molecule has 2 aromatic heterocycles. The number of hydrogen-bond donors (Lipinski definition) is 0. The van der Waals surface area contributed by atoms with Gasteiger partial charge in [-0.2, -0.15) is 9.97 Å². The van der Waals surface area contributed by atoms with E-state index in [-0.39, 0.29) is 70.4 Å². The van der Waals surface area contributed by atoms with Gasteiger partial charge in [-0.25, -0.2) is 18.6 Å². The van der Waals surface area contributed by atoms with Crippen LogP contribution in [0.25, 0.3) is 32.9 Å². The van der Waals surface area contributed by atoms with Gasteiger partial charge < -0.3 is 28.7 Å². The summed E-state index contributed by atoms with van der Waals surface area (Å²) in [5.41, 5.74) is 9.42. The molecule has 73 heavy (non-hydrogen) atoms. The van der Waals surface area contributed by atoms with Gasteiger partial charge in [-0.3, -0.25) is 4.90 Å². The Hall–Kier alpha value is -4.81. The lowest BCUT2D eigenvalue weighted by atomic mass is 9.95. The van der Waals surface area contributed by atoms with Gasteiger partial charge in [0.2, 0.25) is 0 Å². The minimum absolute atomic E-state index is 0.00634. The van der Waals surface area contributed by atoms with Crippen molar-refractivity contribution in [3.05, 3.63) is 47.2 Å². The number of likely N-dealkylation sites (N-methyl/N-ethyl adjacent to an activating group) is 1. The van der Waals surface area contributed by atoms with E-state index in [1.54, 1.807) is 12.1 Å². The first kappa shape index (κ1) is 55.9. The molecule has 3 atom stereocenters. The monoisotopic (exact) mass is 1040 g/mol. The topological polar surface area (TPSA) is 102 Å². The fourth-order valence-electron chi connectivity index (χ4n) is 12.9. The number of hydrogen-bond acceptors (Lipinski definition) is 10. The highest BCUT2D eigenvalue weighted by Gasteiger charge is 2.46. The lowest BCUT2D eigenvalue weighted by Gasteiger charge is -2.42. The summed E-state index contributed by atoms with van der Waals surface area (Å²) in [4.78, 5) is 35.5. The van der Waals surface area contributed by atoms with Gasteiger partial charge in [0, 0.05) is 37.2 Å². The van der Waals surface area contributed by atoms with Crippen molar-refractivity contribution in [3.63, 3.8) is 0 Å². The maximum atomic E-state index is 18.7. The maximum Gasteiger partial charge on any atom is 0.410 e. The number of ether oxygens (including phenoxy) is 4. The van der Waals surface area contributed by atoms with Crippen LogP contribution in [0.1, 0.15) is 141 Å².